The average Bonchev–Trinajstić information content (AvgIpc) is 3.14. The first-order chi connectivity index (χ1) is 24.2. The van der Waals surface area contributed by atoms with Gasteiger partial charge in [0.05, 0.1) is 17.3 Å². The molecule has 0 atom stereocenters. The topological polar surface area (TPSA) is 107 Å². The van der Waals surface area contributed by atoms with Crippen molar-refractivity contribution in [3.8, 4) is 5.75 Å². The molecule has 2 heterocycles. The Bertz CT molecular complexity index is 2040. The molecule has 0 bridgehead atoms. The number of amides is 4. The van der Waals surface area contributed by atoms with Crippen molar-refractivity contribution in [2.75, 3.05) is 54.9 Å². The first-order valence-corrected chi connectivity index (χ1v) is 16.9. The highest BCUT2D eigenvalue weighted by atomic mass is 35.5. The van der Waals surface area contributed by atoms with E-state index in [1.54, 1.807) is 43.4 Å². The van der Waals surface area contributed by atoms with Crippen molar-refractivity contribution in [2.45, 2.75) is 13.5 Å². The highest BCUT2D eigenvalue weighted by Crippen LogP contribution is 2.35. The van der Waals surface area contributed by atoms with Gasteiger partial charge < -0.3 is 30.1 Å². The van der Waals surface area contributed by atoms with Gasteiger partial charge in [0.25, 0.3) is 5.91 Å². The number of carbonyl (C=O) groups is 3. The number of likely N-dealkylation sites (N-methyl/N-ethyl adjacent to an activating group) is 1. The van der Waals surface area contributed by atoms with E-state index < -0.39 is 11.9 Å². The third-order valence-electron chi connectivity index (χ3n) is 8.55. The number of rotatable bonds is 9. The van der Waals surface area contributed by atoms with Gasteiger partial charge in [-0.3, -0.25) is 9.59 Å². The second kappa shape index (κ2) is 18.1. The lowest BCUT2D eigenvalue weighted by Gasteiger charge is -2.36. The molecule has 0 radical (unpaired) electrons. The Balaban J connectivity index is 0.00000302. The lowest BCUT2D eigenvalue weighted by atomic mass is 10.1. The fraction of sp³-hybridized carbons (Fsp3) is 0.211. The van der Waals surface area contributed by atoms with Gasteiger partial charge in [0.1, 0.15) is 17.9 Å². The van der Waals surface area contributed by atoms with Crippen molar-refractivity contribution in [1.82, 2.24) is 15.2 Å². The zero-order valence-electron chi connectivity index (χ0n) is 28.5. The summed E-state index contributed by atoms with van der Waals surface area (Å²) in [4.78, 5) is 49.2. The van der Waals surface area contributed by atoms with E-state index >= 15 is 0 Å². The molecule has 1 aliphatic heterocycles. The number of carbonyl (C=O) groups excluding carboxylic acids is 3. The van der Waals surface area contributed by atoms with E-state index in [2.05, 4.69) is 32.7 Å². The van der Waals surface area contributed by atoms with Crippen LogP contribution in [0, 0.1) is 6.92 Å². The summed E-state index contributed by atoms with van der Waals surface area (Å²) in [7, 11) is 1.56. The number of hydrogen-bond donors (Lipinski definition) is 2. The van der Waals surface area contributed by atoms with Crippen LogP contribution in [0.25, 0.3) is 10.9 Å². The third kappa shape index (κ3) is 9.37. The van der Waals surface area contributed by atoms with Crippen molar-refractivity contribution in [2.24, 2.45) is 0 Å². The van der Waals surface area contributed by atoms with Crippen LogP contribution in [0.5, 0.6) is 5.75 Å². The summed E-state index contributed by atoms with van der Waals surface area (Å²) in [6.45, 7) is 4.31. The van der Waals surface area contributed by atoms with Gasteiger partial charge >= 0.3 is 6.03 Å². The number of aryl methyl sites for hydroxylation is 1. The molecule has 0 aliphatic carbocycles. The third-order valence-corrected chi connectivity index (χ3v) is 9.33. The van der Waals surface area contributed by atoms with Crippen molar-refractivity contribution in [3.63, 3.8) is 0 Å². The number of fused-ring (bicyclic) bond motifs is 1. The first-order valence-electron chi connectivity index (χ1n) is 16.1. The van der Waals surface area contributed by atoms with Gasteiger partial charge in [0.2, 0.25) is 5.91 Å². The predicted octanol–water partition coefficient (Wildman–Crippen LogP) is 8.02. The standard InChI is InChI=1S/C38H36Cl2N6O4.2ClH/c1-25-14-15-26-8-7-13-33(36(26)42-25)50-24-30-31(39)16-17-32(35(30)40)44(2)34(47)23-41-38(49)43-28-10-6-9-27(22-28)37(48)46-20-18-45(19-21-46)29-11-4-3-5-12-29;;/h3-17,22H,18-21,23-24H2,1-2H3,(H2,41,43,49);2*1H. The molecule has 0 spiro atoms. The molecule has 1 aliphatic rings. The highest BCUT2D eigenvalue weighted by Gasteiger charge is 2.23. The Morgan fingerprint density at radius 3 is 2.35 bits per heavy atom. The zero-order chi connectivity index (χ0) is 35.2. The molecule has 0 saturated carbocycles. The number of nitrogens with one attached hydrogen (secondary N) is 2. The molecule has 5 aromatic rings. The number of para-hydroxylation sites is 2. The summed E-state index contributed by atoms with van der Waals surface area (Å²) in [5, 5.41) is 6.88. The Morgan fingerprint density at radius 2 is 1.60 bits per heavy atom. The maximum atomic E-state index is 13.3. The number of anilines is 3. The van der Waals surface area contributed by atoms with Crippen LogP contribution >= 0.6 is 48.0 Å². The van der Waals surface area contributed by atoms with Gasteiger partial charge in [-0.05, 0) is 61.5 Å². The van der Waals surface area contributed by atoms with Crippen LogP contribution in [0.2, 0.25) is 10.0 Å². The van der Waals surface area contributed by atoms with E-state index in [1.807, 2.05) is 60.4 Å². The van der Waals surface area contributed by atoms with Gasteiger partial charge in [-0.1, -0.05) is 65.7 Å². The van der Waals surface area contributed by atoms with Crippen LogP contribution in [0.4, 0.5) is 21.9 Å². The van der Waals surface area contributed by atoms with Crippen LogP contribution in [0.3, 0.4) is 0 Å². The minimum Gasteiger partial charge on any atom is -0.487 e. The smallest absolute Gasteiger partial charge is 0.319 e. The normalized spacial score (nSPS) is 12.3. The number of piperazine rings is 1. The molecule has 272 valence electrons. The van der Waals surface area contributed by atoms with Crippen LogP contribution in [-0.2, 0) is 11.4 Å². The summed E-state index contributed by atoms with van der Waals surface area (Å²) < 4.78 is 6.11. The summed E-state index contributed by atoms with van der Waals surface area (Å²) >= 11 is 13.3. The van der Waals surface area contributed by atoms with Gasteiger partial charge in [-0.25, -0.2) is 9.78 Å². The van der Waals surface area contributed by atoms with E-state index in [9.17, 15) is 14.4 Å². The molecule has 1 aromatic heterocycles. The second-order valence-corrected chi connectivity index (χ2v) is 12.7. The summed E-state index contributed by atoms with van der Waals surface area (Å²) in [5.41, 5.74) is 4.54. The van der Waals surface area contributed by atoms with Crippen LogP contribution in [0.1, 0.15) is 21.6 Å². The largest absolute Gasteiger partial charge is 0.487 e. The minimum absolute atomic E-state index is 0. The van der Waals surface area contributed by atoms with Crippen molar-refractivity contribution < 1.29 is 19.1 Å². The SMILES string of the molecule is Cc1ccc2cccc(OCc3c(Cl)ccc(N(C)C(=O)CNC(=O)Nc4cccc(C(=O)N5CCN(c6ccccc6)CC5)c4)c3Cl)c2n1.Cl.Cl. The van der Waals surface area contributed by atoms with Gasteiger partial charge in [-0.2, -0.15) is 0 Å². The van der Waals surface area contributed by atoms with Crippen LogP contribution in [-0.4, -0.2) is 67.5 Å². The summed E-state index contributed by atoms with van der Waals surface area (Å²) in [5.74, 6) is 0.0653. The molecular weight excluding hydrogens is 746 g/mol. The number of aromatic nitrogens is 1. The lowest BCUT2D eigenvalue weighted by molar-refractivity contribution is -0.117. The monoisotopic (exact) mass is 782 g/mol. The van der Waals surface area contributed by atoms with Crippen LogP contribution in [0.15, 0.2) is 97.1 Å². The van der Waals surface area contributed by atoms with Crippen molar-refractivity contribution in [3.05, 3.63) is 124 Å². The number of ether oxygens (including phenoxy) is 1. The number of pyridine rings is 1. The molecule has 4 aromatic carbocycles. The second-order valence-electron chi connectivity index (χ2n) is 11.9. The van der Waals surface area contributed by atoms with Gasteiger partial charge in [0, 0.05) is 71.8 Å². The highest BCUT2D eigenvalue weighted by molar-refractivity contribution is 6.38. The van der Waals surface area contributed by atoms with E-state index in [4.69, 9.17) is 27.9 Å². The number of benzene rings is 4. The lowest BCUT2D eigenvalue weighted by Crippen LogP contribution is -2.48. The molecule has 10 nitrogen and oxygen atoms in total. The Kier molecular flexibility index (Phi) is 14.0. The predicted molar refractivity (Wildman–Crippen MR) is 213 cm³/mol. The summed E-state index contributed by atoms with van der Waals surface area (Å²) in [6, 6.07) is 29.2. The van der Waals surface area contributed by atoms with Gasteiger partial charge in [-0.15, -0.1) is 24.8 Å². The van der Waals surface area contributed by atoms with Crippen molar-refractivity contribution >= 4 is 93.8 Å². The number of hydrogen-bond acceptors (Lipinski definition) is 6. The fourth-order valence-corrected chi connectivity index (χ4v) is 6.37. The number of halogens is 4. The number of nitrogens with zero attached hydrogens (tertiary/aromatic N) is 4. The molecule has 52 heavy (non-hydrogen) atoms. The van der Waals surface area contributed by atoms with E-state index in [0.29, 0.717) is 46.4 Å². The zero-order valence-corrected chi connectivity index (χ0v) is 31.6. The quantitative estimate of drug-likeness (QED) is 0.157. The molecule has 0 unspecified atom stereocenters. The molecule has 14 heteroatoms. The van der Waals surface area contributed by atoms with E-state index in [-0.39, 0.29) is 48.9 Å². The minimum atomic E-state index is -0.594. The van der Waals surface area contributed by atoms with E-state index in [1.165, 1.54) is 4.90 Å². The van der Waals surface area contributed by atoms with Crippen LogP contribution < -0.4 is 25.2 Å². The fourth-order valence-electron chi connectivity index (χ4n) is 5.76. The molecule has 4 amide bonds. The Labute approximate surface area is 324 Å². The maximum absolute atomic E-state index is 13.3. The molecule has 2 N–H and O–H groups in total. The van der Waals surface area contributed by atoms with Crippen molar-refractivity contribution in [1.29, 1.82) is 0 Å². The number of urea groups is 1. The average molecular weight is 785 g/mol. The maximum Gasteiger partial charge on any atom is 0.319 e. The molecule has 1 saturated heterocycles. The molecule has 6 rings (SSSR count). The Morgan fingerprint density at radius 1 is 0.865 bits per heavy atom. The molecular formula is C38H38Cl4N6O4. The van der Waals surface area contributed by atoms with E-state index in [0.717, 1.165) is 35.4 Å². The Hall–Kier alpha value is -4.74. The first kappa shape index (κ1) is 40.0. The van der Waals surface area contributed by atoms with Gasteiger partial charge in [0.15, 0.2) is 0 Å². The molecule has 1 fully saturated rings. The summed E-state index contributed by atoms with van der Waals surface area (Å²) in [6.07, 6.45) is 0.